The van der Waals surface area contributed by atoms with Gasteiger partial charge in [0.1, 0.15) is 10.8 Å². The van der Waals surface area contributed by atoms with Crippen molar-refractivity contribution in [3.8, 4) is 0 Å². The average molecular weight is 456 g/mol. The Morgan fingerprint density at radius 2 is 1.74 bits per heavy atom. The number of thiophene rings is 1. The summed E-state index contributed by atoms with van der Waals surface area (Å²) in [6.45, 7) is 2.90. The zero-order valence-corrected chi connectivity index (χ0v) is 18.7. The van der Waals surface area contributed by atoms with E-state index in [-0.39, 0.29) is 27.4 Å². The molecule has 0 bridgehead atoms. The molecule has 2 aromatic carbocycles. The monoisotopic (exact) mass is 455 g/mol. The minimum absolute atomic E-state index is 0.0333. The minimum atomic E-state index is -3.72. The first kappa shape index (κ1) is 21.5. The highest BCUT2D eigenvalue weighted by Gasteiger charge is 2.22. The summed E-state index contributed by atoms with van der Waals surface area (Å²) in [6, 6.07) is 20.2. The Labute approximate surface area is 186 Å². The number of sulfonamides is 1. The van der Waals surface area contributed by atoms with E-state index in [4.69, 9.17) is 0 Å². The van der Waals surface area contributed by atoms with Crippen LogP contribution in [0.5, 0.6) is 0 Å². The number of benzene rings is 2. The van der Waals surface area contributed by atoms with Crippen molar-refractivity contribution in [2.45, 2.75) is 29.6 Å². The third-order valence-corrected chi connectivity index (χ3v) is 8.18. The molecular formula is C23H25N3O3S2. The van der Waals surface area contributed by atoms with Crippen molar-refractivity contribution >= 4 is 32.9 Å². The maximum absolute atomic E-state index is 12.9. The molecule has 2 heterocycles. The number of piperidine rings is 1. The first-order chi connectivity index (χ1) is 15.0. The van der Waals surface area contributed by atoms with E-state index in [1.165, 1.54) is 16.5 Å². The first-order valence-corrected chi connectivity index (χ1v) is 12.7. The molecule has 1 aliphatic rings. The number of likely N-dealkylation sites (tertiary alicyclic amines) is 1. The Hall–Kier alpha value is -2.68. The number of hydrogen-bond acceptors (Lipinski definition) is 5. The normalized spacial score (nSPS) is 19.8. The summed E-state index contributed by atoms with van der Waals surface area (Å²) in [5, 5.41) is 14.6. The zero-order valence-electron chi connectivity index (χ0n) is 17.0. The number of nitrogens with one attached hydrogen (secondary N) is 2. The molecule has 1 fully saturated rings. The van der Waals surface area contributed by atoms with Gasteiger partial charge in [0.25, 0.3) is 10.0 Å². The van der Waals surface area contributed by atoms with E-state index >= 15 is 0 Å². The second kappa shape index (κ2) is 9.64. The molecule has 4 rings (SSSR count). The number of anilines is 1. The molecule has 3 aromatic rings. The fraction of sp³-hybridized carbons (Fsp3) is 0.261. The van der Waals surface area contributed by atoms with Crippen LogP contribution in [0.3, 0.4) is 0 Å². The van der Waals surface area contributed by atoms with Crippen LogP contribution in [0.4, 0.5) is 5.69 Å². The summed E-state index contributed by atoms with van der Waals surface area (Å²) in [7, 11) is -3.72. The molecular weight excluding hydrogens is 430 g/mol. The van der Waals surface area contributed by atoms with Crippen LogP contribution in [-0.2, 0) is 16.6 Å². The van der Waals surface area contributed by atoms with Crippen LogP contribution < -0.4 is 14.7 Å². The number of aliphatic imine (C=N–C) groups is 1. The summed E-state index contributed by atoms with van der Waals surface area (Å²) in [6.07, 6.45) is 1.69. The quantitative estimate of drug-likeness (QED) is 0.422. The Bertz CT molecular complexity index is 1120. The molecule has 0 spiro atoms. The molecule has 0 saturated carbocycles. The second-order valence-electron chi connectivity index (χ2n) is 7.66. The van der Waals surface area contributed by atoms with Gasteiger partial charge in [-0.15, -0.1) is 11.3 Å². The van der Waals surface area contributed by atoms with Gasteiger partial charge in [0, 0.05) is 24.0 Å². The number of quaternary nitrogens is 1. The zero-order chi connectivity index (χ0) is 21.7. The first-order valence-electron chi connectivity index (χ1n) is 10.3. The topological polar surface area (TPSA) is 86.0 Å². The van der Waals surface area contributed by atoms with Crippen molar-refractivity contribution in [3.05, 3.63) is 83.2 Å². The van der Waals surface area contributed by atoms with E-state index in [0.29, 0.717) is 0 Å². The van der Waals surface area contributed by atoms with Gasteiger partial charge in [0.05, 0.1) is 24.8 Å². The molecule has 1 saturated heterocycles. The van der Waals surface area contributed by atoms with E-state index in [9.17, 15) is 13.5 Å². The van der Waals surface area contributed by atoms with Gasteiger partial charge in [-0.3, -0.25) is 9.71 Å². The Kier molecular flexibility index (Phi) is 6.70. The maximum Gasteiger partial charge on any atom is 0.271 e. The third kappa shape index (κ3) is 5.52. The van der Waals surface area contributed by atoms with Crippen LogP contribution in [0.2, 0.25) is 0 Å². The molecule has 1 aliphatic heterocycles. The summed E-state index contributed by atoms with van der Waals surface area (Å²) in [5.41, 5.74) is 1.86. The highest BCUT2D eigenvalue weighted by Crippen LogP contribution is 2.23. The van der Waals surface area contributed by atoms with Gasteiger partial charge in [-0.25, -0.2) is 8.42 Å². The summed E-state index contributed by atoms with van der Waals surface area (Å²) in [5.74, 6) is -0.374. The van der Waals surface area contributed by atoms with Gasteiger partial charge in [-0.1, -0.05) is 54.6 Å². The van der Waals surface area contributed by atoms with Gasteiger partial charge in [0.2, 0.25) is 0 Å². The largest absolute Gasteiger partial charge is 0.858 e. The standard InChI is InChI=1S/C23H25N3O3S2/c27-23(24-19-12-14-26(15-13-19)17-18-7-2-1-3-8-18)20-9-4-5-10-21(20)25-31(28,29)22-11-6-16-30-22/h1-11,16,19,25H,12-15,17H2,(H,24,27). The lowest BCUT2D eigenvalue weighted by atomic mass is 10.0. The molecule has 8 heteroatoms. The van der Waals surface area contributed by atoms with Crippen LogP contribution in [-0.4, -0.2) is 33.4 Å². The van der Waals surface area contributed by atoms with Gasteiger partial charge < -0.3 is 10.0 Å². The van der Waals surface area contributed by atoms with Gasteiger partial charge in [-0.05, 0) is 23.4 Å². The van der Waals surface area contributed by atoms with Crippen LogP contribution in [0.1, 0.15) is 24.0 Å². The number of hydrogen-bond donors (Lipinski definition) is 2. The fourth-order valence-corrected chi connectivity index (χ4v) is 5.88. The van der Waals surface area contributed by atoms with Gasteiger partial charge in [-0.2, -0.15) is 0 Å². The van der Waals surface area contributed by atoms with E-state index < -0.39 is 10.0 Å². The fourth-order valence-electron chi connectivity index (χ4n) is 3.81. The van der Waals surface area contributed by atoms with Gasteiger partial charge in [0.15, 0.2) is 0 Å². The molecule has 2 N–H and O–H groups in total. The minimum Gasteiger partial charge on any atom is -0.858 e. The Morgan fingerprint density at radius 1 is 1.03 bits per heavy atom. The molecule has 0 atom stereocenters. The average Bonchev–Trinajstić information content (AvgIpc) is 3.32. The van der Waals surface area contributed by atoms with E-state index in [2.05, 4.69) is 34.0 Å². The number of para-hydroxylation sites is 1. The number of nitrogens with zero attached hydrogens (tertiary/aromatic N) is 1. The summed E-state index contributed by atoms with van der Waals surface area (Å²) < 4.78 is 27.9. The third-order valence-electron chi connectivity index (χ3n) is 5.42. The predicted molar refractivity (Wildman–Crippen MR) is 122 cm³/mol. The lowest BCUT2D eigenvalue weighted by Crippen LogP contribution is -3.12. The van der Waals surface area contributed by atoms with Crippen molar-refractivity contribution in [2.24, 2.45) is 4.99 Å². The lowest BCUT2D eigenvalue weighted by molar-refractivity contribution is -0.918. The molecule has 1 aromatic heterocycles. The highest BCUT2D eigenvalue weighted by atomic mass is 32.2. The predicted octanol–water partition coefficient (Wildman–Crippen LogP) is 1.90. The highest BCUT2D eigenvalue weighted by molar-refractivity contribution is 7.94. The second-order valence-corrected chi connectivity index (χ2v) is 10.5. The molecule has 0 amide bonds. The van der Waals surface area contributed by atoms with Crippen LogP contribution in [0.15, 0.2) is 81.3 Å². The Morgan fingerprint density at radius 3 is 2.45 bits per heavy atom. The van der Waals surface area contributed by atoms with Crippen LogP contribution >= 0.6 is 11.3 Å². The molecule has 0 unspecified atom stereocenters. The molecule has 31 heavy (non-hydrogen) atoms. The summed E-state index contributed by atoms with van der Waals surface area (Å²) in [4.78, 5) is 5.91. The molecule has 0 aliphatic carbocycles. The SMILES string of the molecule is O=S(=O)(Nc1ccccc1C([O-])=NC1CC[NH+](Cc2ccccc2)CC1)c1cccs1. The summed E-state index contributed by atoms with van der Waals surface area (Å²) >= 11 is 1.13. The van der Waals surface area contributed by atoms with E-state index in [1.54, 1.807) is 35.7 Å². The van der Waals surface area contributed by atoms with Crippen molar-refractivity contribution in [3.63, 3.8) is 0 Å². The van der Waals surface area contributed by atoms with Crippen LogP contribution in [0.25, 0.3) is 0 Å². The number of rotatable bonds is 7. The van der Waals surface area contributed by atoms with Crippen LogP contribution in [0, 0.1) is 0 Å². The van der Waals surface area contributed by atoms with Gasteiger partial charge >= 0.3 is 0 Å². The van der Waals surface area contributed by atoms with Crippen molar-refractivity contribution < 1.29 is 18.4 Å². The smallest absolute Gasteiger partial charge is 0.271 e. The molecule has 0 radical (unpaired) electrons. The Balaban J connectivity index is 1.42. The maximum atomic E-state index is 12.9. The van der Waals surface area contributed by atoms with E-state index in [0.717, 1.165) is 43.8 Å². The van der Waals surface area contributed by atoms with E-state index in [1.807, 2.05) is 6.07 Å². The molecule has 162 valence electrons. The van der Waals surface area contributed by atoms with Crippen molar-refractivity contribution in [2.75, 3.05) is 17.8 Å². The lowest BCUT2D eigenvalue weighted by Gasteiger charge is -2.29. The van der Waals surface area contributed by atoms with Crippen molar-refractivity contribution in [1.29, 1.82) is 0 Å². The molecule has 6 nitrogen and oxygen atoms in total. The van der Waals surface area contributed by atoms with Crippen molar-refractivity contribution in [1.82, 2.24) is 0 Å².